The van der Waals surface area contributed by atoms with E-state index >= 15 is 0 Å². The molecule has 3 N–H and O–H groups in total. The summed E-state index contributed by atoms with van der Waals surface area (Å²) in [5.74, 6) is -0.0530. The summed E-state index contributed by atoms with van der Waals surface area (Å²) < 4.78 is 5.44. The first-order valence-corrected chi connectivity index (χ1v) is 15.2. The number of hydrogen-bond donors (Lipinski definition) is 3. The van der Waals surface area contributed by atoms with Crippen LogP contribution in [0.1, 0.15) is 57.7 Å². The van der Waals surface area contributed by atoms with Crippen LogP contribution in [0.2, 0.25) is 0 Å². The minimum Gasteiger partial charge on any atom is -0.508 e. The Labute approximate surface area is 246 Å². The zero-order valence-corrected chi connectivity index (χ0v) is 25.5. The summed E-state index contributed by atoms with van der Waals surface area (Å²) in [4.78, 5) is 42.4. The molecule has 0 aliphatic carbocycles. The third-order valence-electron chi connectivity index (χ3n) is 6.46. The molecule has 220 valence electrons. The third-order valence-corrected chi connectivity index (χ3v) is 7.10. The molecule has 0 heterocycles. The van der Waals surface area contributed by atoms with E-state index < -0.39 is 29.7 Å². The Morgan fingerprint density at radius 1 is 1.02 bits per heavy atom. The molecule has 9 heteroatoms. The van der Waals surface area contributed by atoms with Crippen molar-refractivity contribution in [2.24, 2.45) is 0 Å². The fraction of sp³-hybridized carbons (Fsp3) is 0.406. The van der Waals surface area contributed by atoms with E-state index in [9.17, 15) is 19.5 Å². The van der Waals surface area contributed by atoms with Crippen molar-refractivity contribution in [3.05, 3.63) is 71.8 Å². The summed E-state index contributed by atoms with van der Waals surface area (Å²) in [6, 6.07) is 16.5. The molecule has 0 fully saturated rings. The van der Waals surface area contributed by atoms with Crippen LogP contribution < -0.4 is 10.6 Å². The molecule has 8 nitrogen and oxygen atoms in total. The third kappa shape index (κ3) is 8.88. The molecule has 0 aliphatic heterocycles. The summed E-state index contributed by atoms with van der Waals surface area (Å²) in [5, 5.41) is 18.0. The Morgan fingerprint density at radius 2 is 1.73 bits per heavy atom. The number of ether oxygens (including phenoxy) is 1. The van der Waals surface area contributed by atoms with Crippen molar-refractivity contribution in [1.29, 1.82) is 0 Å². The van der Waals surface area contributed by atoms with E-state index in [1.807, 2.05) is 55.6 Å². The lowest BCUT2D eigenvalue weighted by atomic mass is 9.99. The molecule has 0 aromatic heterocycles. The van der Waals surface area contributed by atoms with Gasteiger partial charge in [0.15, 0.2) is 0 Å². The number of nitrogens with zero attached hydrogens (tertiary/aromatic N) is 1. The number of phenols is 1. The molecule has 3 rings (SSSR count). The van der Waals surface area contributed by atoms with Gasteiger partial charge in [-0.2, -0.15) is 11.8 Å². The Balaban J connectivity index is 2.01. The van der Waals surface area contributed by atoms with Gasteiger partial charge in [-0.05, 0) is 98.7 Å². The highest BCUT2D eigenvalue weighted by Gasteiger charge is 2.36. The van der Waals surface area contributed by atoms with Crippen molar-refractivity contribution >= 4 is 46.1 Å². The molecule has 0 saturated carbocycles. The second-order valence-corrected chi connectivity index (χ2v) is 12.0. The summed E-state index contributed by atoms with van der Waals surface area (Å²) in [5.41, 5.74) is 1.01. The Bertz CT molecular complexity index is 1370. The Morgan fingerprint density at radius 3 is 2.37 bits per heavy atom. The van der Waals surface area contributed by atoms with Gasteiger partial charge < -0.3 is 25.4 Å². The number of carbonyl (C=O) groups excluding carboxylic acids is 3. The molecule has 2 atom stereocenters. The van der Waals surface area contributed by atoms with E-state index in [1.165, 1.54) is 11.0 Å². The van der Waals surface area contributed by atoms with Gasteiger partial charge in [-0.15, -0.1) is 0 Å². The predicted molar refractivity (Wildman–Crippen MR) is 166 cm³/mol. The second kappa shape index (κ2) is 14.3. The number of hydrogen-bond acceptors (Lipinski definition) is 6. The number of aromatic hydroxyl groups is 1. The summed E-state index contributed by atoms with van der Waals surface area (Å²) in [7, 11) is 0. The lowest BCUT2D eigenvalue weighted by Gasteiger charge is -2.34. The normalized spacial score (nSPS) is 12.8. The second-order valence-electron chi connectivity index (χ2n) is 11.0. The van der Waals surface area contributed by atoms with Gasteiger partial charge in [0.1, 0.15) is 23.4 Å². The molecule has 41 heavy (non-hydrogen) atoms. The summed E-state index contributed by atoms with van der Waals surface area (Å²) >= 11 is 1.56. The summed E-state index contributed by atoms with van der Waals surface area (Å²) in [6.07, 6.45) is 2.20. The van der Waals surface area contributed by atoms with Crippen LogP contribution >= 0.6 is 11.8 Å². The van der Waals surface area contributed by atoms with E-state index in [0.717, 1.165) is 10.8 Å². The van der Waals surface area contributed by atoms with Crippen molar-refractivity contribution in [1.82, 2.24) is 10.2 Å². The zero-order valence-electron chi connectivity index (χ0n) is 24.7. The highest BCUT2D eigenvalue weighted by atomic mass is 32.2. The first-order valence-electron chi connectivity index (χ1n) is 13.8. The van der Waals surface area contributed by atoms with Crippen molar-refractivity contribution in [2.45, 2.75) is 65.1 Å². The molecular formula is C32H41N3O5S. The van der Waals surface area contributed by atoms with Crippen LogP contribution in [-0.2, 0) is 14.3 Å². The van der Waals surface area contributed by atoms with Crippen LogP contribution in [0.3, 0.4) is 0 Å². The first kappa shape index (κ1) is 31.8. The van der Waals surface area contributed by atoms with Crippen molar-refractivity contribution in [3.63, 3.8) is 0 Å². The van der Waals surface area contributed by atoms with Gasteiger partial charge in [-0.1, -0.05) is 43.3 Å². The average molecular weight is 580 g/mol. The minimum atomic E-state index is -1.01. The maximum Gasteiger partial charge on any atom is 0.408 e. The molecule has 0 radical (unpaired) electrons. The highest BCUT2D eigenvalue weighted by molar-refractivity contribution is 7.98. The van der Waals surface area contributed by atoms with Crippen molar-refractivity contribution in [3.8, 4) is 5.75 Å². The van der Waals surface area contributed by atoms with Gasteiger partial charge in [-0.3, -0.25) is 9.59 Å². The van der Waals surface area contributed by atoms with Gasteiger partial charge >= 0.3 is 6.09 Å². The SMILES string of the molecule is CCCN(C(=O)C(CCSC)NC(=O)OC(C)(C)C)C(C(=O)Nc1ccc2ccccc2c1)c1ccc(O)c(C)c1. The number of aryl methyl sites for hydroxylation is 1. The zero-order chi connectivity index (χ0) is 30.2. The number of carbonyl (C=O) groups is 3. The Kier molecular flexibility index (Phi) is 11.1. The maximum absolute atomic E-state index is 14.2. The number of rotatable bonds is 11. The number of benzene rings is 3. The van der Waals surface area contributed by atoms with Crippen LogP contribution in [0.5, 0.6) is 5.75 Å². The van der Waals surface area contributed by atoms with Gasteiger partial charge in [0.05, 0.1) is 0 Å². The smallest absolute Gasteiger partial charge is 0.408 e. The monoisotopic (exact) mass is 579 g/mol. The molecule has 3 aromatic carbocycles. The van der Waals surface area contributed by atoms with E-state index in [2.05, 4.69) is 10.6 Å². The number of amides is 3. The number of anilines is 1. The van der Waals surface area contributed by atoms with Crippen LogP contribution in [-0.4, -0.2) is 58.1 Å². The fourth-order valence-corrected chi connectivity index (χ4v) is 5.02. The number of thioether (sulfide) groups is 1. The summed E-state index contributed by atoms with van der Waals surface area (Å²) in [6.45, 7) is 9.23. The predicted octanol–water partition coefficient (Wildman–Crippen LogP) is 6.42. The van der Waals surface area contributed by atoms with Gasteiger partial charge in [0, 0.05) is 12.2 Å². The van der Waals surface area contributed by atoms with Gasteiger partial charge in [-0.25, -0.2) is 4.79 Å². The molecule has 0 spiro atoms. The van der Waals surface area contributed by atoms with Crippen molar-refractivity contribution < 1.29 is 24.2 Å². The highest BCUT2D eigenvalue weighted by Crippen LogP contribution is 2.29. The lowest BCUT2D eigenvalue weighted by molar-refractivity contribution is -0.140. The standard InChI is InChI=1S/C32H41N3O5S/c1-7-17-35(30(38)26(16-18-41-6)34-31(39)40-32(3,4)5)28(24-13-15-27(36)21(2)19-24)29(37)33-25-14-12-22-10-8-9-11-23(22)20-25/h8-15,19-20,26,28,36H,7,16-18H2,1-6H3,(H,33,37)(H,34,39). The molecule has 3 aromatic rings. The molecule has 0 bridgehead atoms. The average Bonchev–Trinajstić information content (AvgIpc) is 2.91. The number of alkyl carbamates (subject to hydrolysis) is 1. The van der Waals surface area contributed by atoms with Crippen LogP contribution in [0.4, 0.5) is 10.5 Å². The molecular weight excluding hydrogens is 538 g/mol. The number of phenolic OH excluding ortho intramolecular Hbond substituents is 1. The number of fused-ring (bicyclic) bond motifs is 1. The Hall–Kier alpha value is -3.72. The van der Waals surface area contributed by atoms with E-state index in [-0.39, 0.29) is 18.2 Å². The van der Waals surface area contributed by atoms with Gasteiger partial charge in [0.2, 0.25) is 5.91 Å². The van der Waals surface area contributed by atoms with Crippen LogP contribution in [0.25, 0.3) is 10.8 Å². The lowest BCUT2D eigenvalue weighted by Crippen LogP contribution is -2.52. The van der Waals surface area contributed by atoms with E-state index in [4.69, 9.17) is 4.74 Å². The quantitative estimate of drug-likeness (QED) is 0.242. The van der Waals surface area contributed by atoms with E-state index in [0.29, 0.717) is 35.4 Å². The van der Waals surface area contributed by atoms with Gasteiger partial charge in [0.25, 0.3) is 5.91 Å². The van der Waals surface area contributed by atoms with E-state index in [1.54, 1.807) is 51.6 Å². The first-order chi connectivity index (χ1) is 19.4. The topological polar surface area (TPSA) is 108 Å². The largest absolute Gasteiger partial charge is 0.508 e. The minimum absolute atomic E-state index is 0.0974. The fourth-order valence-electron chi connectivity index (χ4n) is 4.55. The molecule has 3 amide bonds. The van der Waals surface area contributed by atoms with Crippen LogP contribution in [0.15, 0.2) is 60.7 Å². The molecule has 0 aliphatic rings. The van der Waals surface area contributed by atoms with Crippen LogP contribution in [0, 0.1) is 6.92 Å². The molecule has 0 saturated heterocycles. The van der Waals surface area contributed by atoms with Crippen molar-refractivity contribution in [2.75, 3.05) is 23.9 Å². The number of nitrogens with one attached hydrogen (secondary N) is 2. The molecule has 2 unspecified atom stereocenters. The maximum atomic E-state index is 14.2.